The molecule has 0 saturated carbocycles. The van der Waals surface area contributed by atoms with Gasteiger partial charge in [0.1, 0.15) is 11.9 Å². The van der Waals surface area contributed by atoms with Crippen LogP contribution in [0, 0.1) is 5.92 Å². The number of carbonyl (C=O) groups excluding carboxylic acids is 1. The molecule has 0 radical (unpaired) electrons. The maximum absolute atomic E-state index is 12.4. The SMILES string of the molecule is COc1ccccc1CNC(=O)[C@@H](OC[C@@H]1CCCO1)C(C)C. The van der Waals surface area contributed by atoms with Crippen molar-refractivity contribution in [2.75, 3.05) is 20.3 Å². The molecule has 1 aromatic carbocycles. The summed E-state index contributed by atoms with van der Waals surface area (Å²) in [6.45, 7) is 5.67. The van der Waals surface area contributed by atoms with Gasteiger partial charge in [0.15, 0.2) is 0 Å². The van der Waals surface area contributed by atoms with Crippen molar-refractivity contribution in [1.82, 2.24) is 5.32 Å². The first-order valence-corrected chi connectivity index (χ1v) is 8.24. The molecule has 0 spiro atoms. The van der Waals surface area contributed by atoms with E-state index in [1.54, 1.807) is 7.11 Å². The van der Waals surface area contributed by atoms with Crippen molar-refractivity contribution >= 4 is 5.91 Å². The first kappa shape index (κ1) is 17.8. The molecule has 2 rings (SSSR count). The lowest BCUT2D eigenvalue weighted by atomic mass is 10.1. The quantitative estimate of drug-likeness (QED) is 0.799. The van der Waals surface area contributed by atoms with Gasteiger partial charge in [0.25, 0.3) is 0 Å². The normalized spacial score (nSPS) is 18.9. The number of carbonyl (C=O) groups is 1. The van der Waals surface area contributed by atoms with Crippen LogP contribution in [0.1, 0.15) is 32.3 Å². The molecule has 23 heavy (non-hydrogen) atoms. The van der Waals surface area contributed by atoms with E-state index in [0.29, 0.717) is 13.2 Å². The molecule has 2 atom stereocenters. The molecule has 0 aromatic heterocycles. The average Bonchev–Trinajstić information content (AvgIpc) is 3.06. The highest BCUT2D eigenvalue weighted by atomic mass is 16.5. The third-order valence-corrected chi connectivity index (χ3v) is 4.00. The number of nitrogens with one attached hydrogen (secondary N) is 1. The van der Waals surface area contributed by atoms with Crippen molar-refractivity contribution < 1.29 is 19.0 Å². The molecule has 128 valence electrons. The summed E-state index contributed by atoms with van der Waals surface area (Å²) in [6.07, 6.45) is 1.74. The van der Waals surface area contributed by atoms with Crippen LogP contribution in [0.4, 0.5) is 0 Å². The van der Waals surface area contributed by atoms with Crippen LogP contribution in [0.2, 0.25) is 0 Å². The zero-order chi connectivity index (χ0) is 16.7. The van der Waals surface area contributed by atoms with Crippen LogP contribution in [-0.2, 0) is 20.8 Å². The van der Waals surface area contributed by atoms with Crippen LogP contribution < -0.4 is 10.1 Å². The van der Waals surface area contributed by atoms with E-state index in [2.05, 4.69) is 5.32 Å². The lowest BCUT2D eigenvalue weighted by Crippen LogP contribution is -2.40. The molecule has 0 aliphatic carbocycles. The van der Waals surface area contributed by atoms with Crippen molar-refractivity contribution in [3.63, 3.8) is 0 Å². The van der Waals surface area contributed by atoms with Gasteiger partial charge in [-0.3, -0.25) is 4.79 Å². The lowest BCUT2D eigenvalue weighted by Gasteiger charge is -2.22. The van der Waals surface area contributed by atoms with Gasteiger partial charge in [0, 0.05) is 18.7 Å². The summed E-state index contributed by atoms with van der Waals surface area (Å²) in [4.78, 5) is 12.4. The van der Waals surface area contributed by atoms with E-state index in [1.807, 2.05) is 38.1 Å². The van der Waals surface area contributed by atoms with Crippen LogP contribution in [0.3, 0.4) is 0 Å². The molecule has 1 heterocycles. The van der Waals surface area contributed by atoms with Crippen LogP contribution in [-0.4, -0.2) is 38.4 Å². The molecule has 1 fully saturated rings. The minimum atomic E-state index is -0.464. The first-order valence-electron chi connectivity index (χ1n) is 8.24. The Morgan fingerprint density at radius 2 is 2.17 bits per heavy atom. The van der Waals surface area contributed by atoms with Crippen LogP contribution in [0.5, 0.6) is 5.75 Å². The number of rotatable bonds is 8. The predicted octanol–water partition coefficient (Wildman–Crippen LogP) is 2.53. The van der Waals surface area contributed by atoms with E-state index in [0.717, 1.165) is 30.8 Å². The number of ether oxygens (including phenoxy) is 3. The third kappa shape index (κ3) is 5.22. The number of methoxy groups -OCH3 is 1. The Hall–Kier alpha value is -1.59. The Labute approximate surface area is 138 Å². The number of hydrogen-bond acceptors (Lipinski definition) is 4. The van der Waals surface area contributed by atoms with Gasteiger partial charge in [-0.15, -0.1) is 0 Å². The summed E-state index contributed by atoms with van der Waals surface area (Å²) in [5, 5.41) is 2.95. The zero-order valence-electron chi connectivity index (χ0n) is 14.2. The van der Waals surface area contributed by atoms with Crippen molar-refractivity contribution in [2.45, 2.75) is 45.4 Å². The van der Waals surface area contributed by atoms with Crippen molar-refractivity contribution in [1.29, 1.82) is 0 Å². The van der Waals surface area contributed by atoms with Gasteiger partial charge in [-0.2, -0.15) is 0 Å². The predicted molar refractivity (Wildman–Crippen MR) is 88.4 cm³/mol. The molecular formula is C18H27NO4. The summed E-state index contributed by atoms with van der Waals surface area (Å²) in [5.74, 6) is 0.784. The van der Waals surface area contributed by atoms with Gasteiger partial charge < -0.3 is 19.5 Å². The molecule has 0 unspecified atom stereocenters. The van der Waals surface area contributed by atoms with Crippen molar-refractivity contribution in [2.24, 2.45) is 5.92 Å². The summed E-state index contributed by atoms with van der Waals surface area (Å²) < 4.78 is 16.7. The van der Waals surface area contributed by atoms with Gasteiger partial charge in [0.05, 0.1) is 19.8 Å². The summed E-state index contributed by atoms with van der Waals surface area (Å²) in [6, 6.07) is 7.66. The van der Waals surface area contributed by atoms with Gasteiger partial charge in [-0.05, 0) is 24.8 Å². The Morgan fingerprint density at radius 1 is 1.39 bits per heavy atom. The molecule has 5 heteroatoms. The molecule has 1 amide bonds. The second-order valence-corrected chi connectivity index (χ2v) is 6.16. The fraction of sp³-hybridized carbons (Fsp3) is 0.611. The smallest absolute Gasteiger partial charge is 0.249 e. The topological polar surface area (TPSA) is 56.8 Å². The summed E-state index contributed by atoms with van der Waals surface area (Å²) in [5.41, 5.74) is 0.949. The van der Waals surface area contributed by atoms with E-state index in [4.69, 9.17) is 14.2 Å². The lowest BCUT2D eigenvalue weighted by molar-refractivity contribution is -0.138. The Balaban J connectivity index is 1.87. The third-order valence-electron chi connectivity index (χ3n) is 4.00. The fourth-order valence-corrected chi connectivity index (χ4v) is 2.69. The highest BCUT2D eigenvalue weighted by Gasteiger charge is 2.25. The molecular weight excluding hydrogens is 294 g/mol. The minimum Gasteiger partial charge on any atom is -0.496 e. The van der Waals surface area contributed by atoms with Crippen LogP contribution in [0.25, 0.3) is 0 Å². The second-order valence-electron chi connectivity index (χ2n) is 6.16. The van der Waals surface area contributed by atoms with Gasteiger partial charge in [-0.1, -0.05) is 32.0 Å². The molecule has 0 bridgehead atoms. The van der Waals surface area contributed by atoms with E-state index in [-0.39, 0.29) is 17.9 Å². The summed E-state index contributed by atoms with van der Waals surface area (Å²) in [7, 11) is 1.63. The van der Waals surface area contributed by atoms with Crippen molar-refractivity contribution in [3.05, 3.63) is 29.8 Å². The molecule has 1 aliphatic rings. The van der Waals surface area contributed by atoms with Crippen LogP contribution in [0.15, 0.2) is 24.3 Å². The van der Waals surface area contributed by atoms with Gasteiger partial charge in [-0.25, -0.2) is 0 Å². The molecule has 5 nitrogen and oxygen atoms in total. The van der Waals surface area contributed by atoms with E-state index in [1.165, 1.54) is 0 Å². The van der Waals surface area contributed by atoms with Crippen LogP contribution >= 0.6 is 0 Å². The monoisotopic (exact) mass is 321 g/mol. The highest BCUT2D eigenvalue weighted by Crippen LogP contribution is 2.18. The standard InChI is InChI=1S/C18H27NO4/c1-13(2)17(23-12-15-8-6-10-22-15)18(20)19-11-14-7-4-5-9-16(14)21-3/h4-5,7,9,13,15,17H,6,8,10-12H2,1-3H3,(H,19,20)/t15-,17-/m0/s1. The number of amides is 1. The molecule has 1 saturated heterocycles. The van der Waals surface area contributed by atoms with E-state index < -0.39 is 6.10 Å². The maximum Gasteiger partial charge on any atom is 0.249 e. The van der Waals surface area contributed by atoms with Crippen molar-refractivity contribution in [3.8, 4) is 5.75 Å². The van der Waals surface area contributed by atoms with E-state index >= 15 is 0 Å². The zero-order valence-corrected chi connectivity index (χ0v) is 14.2. The summed E-state index contributed by atoms with van der Waals surface area (Å²) >= 11 is 0. The first-order chi connectivity index (χ1) is 11.1. The Bertz CT molecular complexity index is 498. The number of para-hydroxylation sites is 1. The van der Waals surface area contributed by atoms with Gasteiger partial charge in [0.2, 0.25) is 5.91 Å². The van der Waals surface area contributed by atoms with Gasteiger partial charge >= 0.3 is 0 Å². The van der Waals surface area contributed by atoms with E-state index in [9.17, 15) is 4.79 Å². The number of hydrogen-bond donors (Lipinski definition) is 1. The minimum absolute atomic E-state index is 0.0936. The second kappa shape index (κ2) is 8.89. The Kier molecular flexibility index (Phi) is 6.86. The largest absolute Gasteiger partial charge is 0.496 e. The maximum atomic E-state index is 12.4. The molecule has 1 aromatic rings. The average molecular weight is 321 g/mol. The number of benzene rings is 1. The Morgan fingerprint density at radius 3 is 2.83 bits per heavy atom. The highest BCUT2D eigenvalue weighted by molar-refractivity contribution is 5.81. The fourth-order valence-electron chi connectivity index (χ4n) is 2.69. The molecule has 1 aliphatic heterocycles. The molecule has 1 N–H and O–H groups in total.